The first-order valence-electron chi connectivity index (χ1n) is 5.33. The molecule has 1 amide bonds. The molecule has 0 radical (unpaired) electrons. The predicted molar refractivity (Wildman–Crippen MR) is 57.5 cm³/mol. The number of benzene rings is 1. The van der Waals surface area contributed by atoms with Crippen molar-refractivity contribution in [3.05, 3.63) is 35.6 Å². The molecule has 0 bridgehead atoms. The Kier molecular flexibility index (Phi) is 3.08. The van der Waals surface area contributed by atoms with Gasteiger partial charge in [-0.25, -0.2) is 4.39 Å². The van der Waals surface area contributed by atoms with E-state index in [1.165, 1.54) is 12.1 Å². The standard InChI is InChI=1S/C12H12FNO3/c13-8-3-1-7(2-4-8)6-14-11(15)9-5-10(9)12(16)17/h1-4,9-10H,5-6H2,(H,14,15)(H,16,17). The monoisotopic (exact) mass is 237 g/mol. The molecule has 90 valence electrons. The first kappa shape index (κ1) is 11.6. The third kappa shape index (κ3) is 2.81. The number of halogens is 1. The lowest BCUT2D eigenvalue weighted by Gasteiger charge is -2.04. The number of nitrogens with one attached hydrogen (secondary N) is 1. The minimum absolute atomic E-state index is 0.248. The minimum atomic E-state index is -0.924. The molecule has 0 heterocycles. The summed E-state index contributed by atoms with van der Waals surface area (Å²) in [5.41, 5.74) is 0.785. The fourth-order valence-corrected chi connectivity index (χ4v) is 1.68. The highest BCUT2D eigenvalue weighted by molar-refractivity contribution is 5.89. The summed E-state index contributed by atoms with van der Waals surface area (Å²) >= 11 is 0. The molecule has 1 fully saturated rings. The maximum Gasteiger partial charge on any atom is 0.307 e. The Labute approximate surface area is 97.4 Å². The Bertz CT molecular complexity index is 444. The molecule has 0 aromatic heterocycles. The number of carbonyl (C=O) groups excluding carboxylic acids is 1. The van der Waals surface area contributed by atoms with Crippen molar-refractivity contribution in [2.45, 2.75) is 13.0 Å². The van der Waals surface area contributed by atoms with E-state index in [1.807, 2.05) is 0 Å². The van der Waals surface area contributed by atoms with Gasteiger partial charge in [-0.2, -0.15) is 0 Å². The Morgan fingerprint density at radius 1 is 1.29 bits per heavy atom. The van der Waals surface area contributed by atoms with E-state index in [9.17, 15) is 14.0 Å². The van der Waals surface area contributed by atoms with Gasteiger partial charge in [-0.3, -0.25) is 9.59 Å². The maximum atomic E-state index is 12.6. The van der Waals surface area contributed by atoms with Crippen molar-refractivity contribution in [3.8, 4) is 0 Å². The van der Waals surface area contributed by atoms with E-state index in [1.54, 1.807) is 12.1 Å². The molecular formula is C12H12FNO3. The lowest BCUT2D eigenvalue weighted by Crippen LogP contribution is -2.25. The molecule has 1 aliphatic carbocycles. The number of carbonyl (C=O) groups is 2. The second-order valence-corrected chi connectivity index (χ2v) is 4.13. The van der Waals surface area contributed by atoms with Crippen LogP contribution in [0, 0.1) is 17.7 Å². The molecule has 0 saturated heterocycles. The topological polar surface area (TPSA) is 66.4 Å². The van der Waals surface area contributed by atoms with E-state index < -0.39 is 17.8 Å². The average Bonchev–Trinajstić information content (AvgIpc) is 3.08. The maximum absolute atomic E-state index is 12.6. The smallest absolute Gasteiger partial charge is 0.307 e. The van der Waals surface area contributed by atoms with Gasteiger partial charge in [0.25, 0.3) is 0 Å². The van der Waals surface area contributed by atoms with Crippen LogP contribution in [0.2, 0.25) is 0 Å². The Morgan fingerprint density at radius 2 is 1.94 bits per heavy atom. The largest absolute Gasteiger partial charge is 0.481 e. The van der Waals surface area contributed by atoms with Gasteiger partial charge in [0.2, 0.25) is 5.91 Å². The first-order chi connectivity index (χ1) is 8.08. The first-order valence-corrected chi connectivity index (χ1v) is 5.33. The molecule has 17 heavy (non-hydrogen) atoms. The number of carboxylic acids is 1. The van der Waals surface area contributed by atoms with Gasteiger partial charge in [0, 0.05) is 6.54 Å². The van der Waals surface area contributed by atoms with Crippen molar-refractivity contribution in [2.24, 2.45) is 11.8 Å². The lowest BCUT2D eigenvalue weighted by atomic mass is 10.2. The molecule has 0 aliphatic heterocycles. The van der Waals surface area contributed by atoms with Crippen molar-refractivity contribution in [2.75, 3.05) is 0 Å². The van der Waals surface area contributed by atoms with Crippen LogP contribution in [0.3, 0.4) is 0 Å². The molecule has 2 rings (SSSR count). The SMILES string of the molecule is O=C(O)C1CC1C(=O)NCc1ccc(F)cc1. The van der Waals surface area contributed by atoms with E-state index in [4.69, 9.17) is 5.11 Å². The average molecular weight is 237 g/mol. The number of amides is 1. The number of hydrogen-bond acceptors (Lipinski definition) is 2. The fourth-order valence-electron chi connectivity index (χ4n) is 1.68. The summed E-state index contributed by atoms with van der Waals surface area (Å²) in [5, 5.41) is 11.3. The summed E-state index contributed by atoms with van der Waals surface area (Å²) in [7, 11) is 0. The summed E-state index contributed by atoms with van der Waals surface area (Å²) in [6.45, 7) is 0.294. The van der Waals surface area contributed by atoms with Gasteiger partial charge in [-0.05, 0) is 24.1 Å². The summed E-state index contributed by atoms with van der Waals surface area (Å²) in [5.74, 6) is -2.45. The molecule has 1 aromatic carbocycles. The summed E-state index contributed by atoms with van der Waals surface area (Å²) < 4.78 is 12.6. The van der Waals surface area contributed by atoms with E-state index in [0.29, 0.717) is 13.0 Å². The van der Waals surface area contributed by atoms with Crippen LogP contribution in [0.1, 0.15) is 12.0 Å². The molecule has 4 nitrogen and oxygen atoms in total. The summed E-state index contributed by atoms with van der Waals surface area (Å²) in [6.07, 6.45) is 0.407. The number of rotatable bonds is 4. The van der Waals surface area contributed by atoms with E-state index in [-0.39, 0.29) is 11.7 Å². The molecule has 1 aromatic rings. The number of hydrogen-bond donors (Lipinski definition) is 2. The predicted octanol–water partition coefficient (Wildman–Crippen LogP) is 1.16. The van der Waals surface area contributed by atoms with Gasteiger partial charge in [0.05, 0.1) is 11.8 Å². The Hall–Kier alpha value is -1.91. The molecular weight excluding hydrogens is 225 g/mol. The van der Waals surface area contributed by atoms with Crippen LogP contribution < -0.4 is 5.32 Å². The van der Waals surface area contributed by atoms with E-state index >= 15 is 0 Å². The molecule has 2 unspecified atom stereocenters. The number of carboxylic acid groups (broad SMARTS) is 1. The molecule has 0 spiro atoms. The van der Waals surface area contributed by atoms with Crippen LogP contribution in [0.15, 0.2) is 24.3 Å². The van der Waals surface area contributed by atoms with E-state index in [2.05, 4.69) is 5.32 Å². The van der Waals surface area contributed by atoms with Gasteiger partial charge >= 0.3 is 5.97 Å². The lowest BCUT2D eigenvalue weighted by molar-refractivity contribution is -0.140. The van der Waals surface area contributed by atoms with Gasteiger partial charge in [-0.15, -0.1) is 0 Å². The molecule has 1 saturated carbocycles. The Balaban J connectivity index is 1.81. The second kappa shape index (κ2) is 4.53. The van der Waals surface area contributed by atoms with E-state index in [0.717, 1.165) is 5.56 Å². The summed E-state index contributed by atoms with van der Waals surface area (Å²) in [4.78, 5) is 22.1. The van der Waals surface area contributed by atoms with Crippen LogP contribution in [-0.4, -0.2) is 17.0 Å². The molecule has 5 heteroatoms. The highest BCUT2D eigenvalue weighted by atomic mass is 19.1. The van der Waals surface area contributed by atoms with Crippen molar-refractivity contribution < 1.29 is 19.1 Å². The van der Waals surface area contributed by atoms with Gasteiger partial charge in [-0.1, -0.05) is 12.1 Å². The van der Waals surface area contributed by atoms with Crippen LogP contribution in [0.4, 0.5) is 4.39 Å². The third-order valence-electron chi connectivity index (χ3n) is 2.82. The van der Waals surface area contributed by atoms with Crippen LogP contribution in [0.5, 0.6) is 0 Å². The van der Waals surface area contributed by atoms with Gasteiger partial charge < -0.3 is 10.4 Å². The third-order valence-corrected chi connectivity index (χ3v) is 2.82. The molecule has 2 N–H and O–H groups in total. The van der Waals surface area contributed by atoms with Crippen LogP contribution >= 0.6 is 0 Å². The van der Waals surface area contributed by atoms with Crippen molar-refractivity contribution in [3.63, 3.8) is 0 Å². The second-order valence-electron chi connectivity index (χ2n) is 4.13. The Morgan fingerprint density at radius 3 is 2.47 bits per heavy atom. The summed E-state index contributed by atoms with van der Waals surface area (Å²) in [6, 6.07) is 5.80. The zero-order valence-electron chi connectivity index (χ0n) is 9.02. The highest BCUT2D eigenvalue weighted by Gasteiger charge is 2.48. The molecule has 1 aliphatic rings. The van der Waals surface area contributed by atoms with Crippen molar-refractivity contribution >= 4 is 11.9 Å². The van der Waals surface area contributed by atoms with Crippen LogP contribution in [0.25, 0.3) is 0 Å². The highest BCUT2D eigenvalue weighted by Crippen LogP contribution is 2.38. The zero-order valence-corrected chi connectivity index (χ0v) is 9.02. The van der Waals surface area contributed by atoms with Gasteiger partial charge in [0.15, 0.2) is 0 Å². The minimum Gasteiger partial charge on any atom is -0.481 e. The zero-order chi connectivity index (χ0) is 12.4. The van der Waals surface area contributed by atoms with Gasteiger partial charge in [0.1, 0.15) is 5.82 Å². The quantitative estimate of drug-likeness (QED) is 0.825. The molecule has 2 atom stereocenters. The van der Waals surface area contributed by atoms with Crippen molar-refractivity contribution in [1.29, 1.82) is 0 Å². The fraction of sp³-hybridized carbons (Fsp3) is 0.333. The normalized spacial score (nSPS) is 21.9. The number of aliphatic carboxylic acids is 1. The van der Waals surface area contributed by atoms with Crippen molar-refractivity contribution in [1.82, 2.24) is 5.32 Å². The van der Waals surface area contributed by atoms with Crippen LogP contribution in [-0.2, 0) is 16.1 Å².